The van der Waals surface area contributed by atoms with Gasteiger partial charge in [0.1, 0.15) is 5.52 Å². The molecule has 1 fully saturated rings. The second-order valence-corrected chi connectivity index (χ2v) is 5.18. The van der Waals surface area contributed by atoms with Crippen molar-refractivity contribution in [2.75, 3.05) is 32.8 Å². The van der Waals surface area contributed by atoms with Gasteiger partial charge in [0.15, 0.2) is 16.4 Å². The molecule has 0 bridgehead atoms. The standard InChI is InChI=1S/C13H15F2N3OS/c14-9-1-2-10-12(11(9)15)18(13(20)16-10)4-3-17-5-7-19-8-6-17/h1-2H,3-8H2,(H,16,20). The molecule has 1 saturated heterocycles. The summed E-state index contributed by atoms with van der Waals surface area (Å²) in [6, 6.07) is 2.62. The molecule has 20 heavy (non-hydrogen) atoms. The van der Waals surface area contributed by atoms with Gasteiger partial charge in [-0.3, -0.25) is 4.90 Å². The number of aromatic nitrogens is 2. The van der Waals surface area contributed by atoms with E-state index in [2.05, 4.69) is 9.88 Å². The molecule has 0 atom stereocenters. The summed E-state index contributed by atoms with van der Waals surface area (Å²) in [6.07, 6.45) is 0. The minimum atomic E-state index is -0.855. The molecule has 0 spiro atoms. The summed E-state index contributed by atoms with van der Waals surface area (Å²) < 4.78 is 34.6. The maximum Gasteiger partial charge on any atom is 0.184 e. The van der Waals surface area contributed by atoms with Crippen LogP contribution in [0.4, 0.5) is 8.78 Å². The highest BCUT2D eigenvalue weighted by Crippen LogP contribution is 2.20. The van der Waals surface area contributed by atoms with Gasteiger partial charge in [-0.2, -0.15) is 0 Å². The van der Waals surface area contributed by atoms with Gasteiger partial charge in [-0.25, -0.2) is 8.78 Å². The van der Waals surface area contributed by atoms with Crippen LogP contribution in [-0.2, 0) is 11.3 Å². The highest BCUT2D eigenvalue weighted by Gasteiger charge is 2.15. The molecule has 4 nitrogen and oxygen atoms in total. The van der Waals surface area contributed by atoms with Crippen molar-refractivity contribution in [2.45, 2.75) is 6.54 Å². The molecule has 0 amide bonds. The number of morpholine rings is 1. The van der Waals surface area contributed by atoms with Crippen molar-refractivity contribution >= 4 is 23.3 Å². The van der Waals surface area contributed by atoms with Crippen molar-refractivity contribution in [1.29, 1.82) is 0 Å². The van der Waals surface area contributed by atoms with Gasteiger partial charge in [0.25, 0.3) is 0 Å². The maximum atomic E-state index is 13.9. The number of nitrogens with zero attached hydrogens (tertiary/aromatic N) is 2. The van der Waals surface area contributed by atoms with Crippen LogP contribution in [0.25, 0.3) is 11.0 Å². The van der Waals surface area contributed by atoms with E-state index in [-0.39, 0.29) is 5.52 Å². The second-order valence-electron chi connectivity index (χ2n) is 4.79. The fourth-order valence-corrected chi connectivity index (χ4v) is 2.76. The van der Waals surface area contributed by atoms with Crippen LogP contribution in [0.15, 0.2) is 12.1 Å². The lowest BCUT2D eigenvalue weighted by Crippen LogP contribution is -2.38. The predicted octanol–water partition coefficient (Wildman–Crippen LogP) is 2.31. The SMILES string of the molecule is Fc1ccc2[nH]c(=S)n(CCN3CCOCC3)c2c1F. The molecule has 0 aliphatic carbocycles. The molecule has 2 heterocycles. The molecule has 1 aromatic heterocycles. The summed E-state index contributed by atoms with van der Waals surface area (Å²) in [5.41, 5.74) is 0.735. The van der Waals surface area contributed by atoms with Gasteiger partial charge in [-0.15, -0.1) is 0 Å². The minimum absolute atomic E-state index is 0.211. The van der Waals surface area contributed by atoms with E-state index < -0.39 is 11.6 Å². The number of halogens is 2. The number of fused-ring (bicyclic) bond motifs is 1. The van der Waals surface area contributed by atoms with Crippen molar-refractivity contribution in [3.63, 3.8) is 0 Å². The summed E-state index contributed by atoms with van der Waals surface area (Å²) in [6.45, 7) is 4.39. The number of H-pyrrole nitrogens is 1. The van der Waals surface area contributed by atoms with E-state index in [4.69, 9.17) is 17.0 Å². The first kappa shape index (κ1) is 13.7. The summed E-state index contributed by atoms with van der Waals surface area (Å²) >= 11 is 5.20. The van der Waals surface area contributed by atoms with E-state index >= 15 is 0 Å². The monoisotopic (exact) mass is 299 g/mol. The topological polar surface area (TPSA) is 33.2 Å². The minimum Gasteiger partial charge on any atom is -0.379 e. The Balaban J connectivity index is 1.88. The number of ether oxygens (including phenoxy) is 1. The van der Waals surface area contributed by atoms with E-state index in [1.807, 2.05) is 0 Å². The third-order valence-corrected chi connectivity index (χ3v) is 3.89. The maximum absolute atomic E-state index is 13.9. The molecule has 0 radical (unpaired) electrons. The van der Waals surface area contributed by atoms with Gasteiger partial charge in [0.2, 0.25) is 0 Å². The Kier molecular flexibility index (Phi) is 3.82. The number of hydrogen-bond acceptors (Lipinski definition) is 3. The molecule has 0 unspecified atom stereocenters. The Bertz CT molecular complexity index is 676. The molecular weight excluding hydrogens is 284 g/mol. The van der Waals surface area contributed by atoms with Crippen LogP contribution < -0.4 is 0 Å². The van der Waals surface area contributed by atoms with E-state index in [1.54, 1.807) is 4.57 Å². The third kappa shape index (κ3) is 2.48. The van der Waals surface area contributed by atoms with E-state index in [0.717, 1.165) is 25.7 Å². The first-order valence-corrected chi connectivity index (χ1v) is 6.94. The van der Waals surface area contributed by atoms with Crippen molar-refractivity contribution in [3.8, 4) is 0 Å². The molecule has 7 heteroatoms. The molecule has 1 N–H and O–H groups in total. The van der Waals surface area contributed by atoms with Crippen LogP contribution in [0, 0.1) is 16.4 Å². The molecule has 108 valence electrons. The second kappa shape index (κ2) is 5.59. The van der Waals surface area contributed by atoms with Crippen LogP contribution in [0.5, 0.6) is 0 Å². The Morgan fingerprint density at radius 3 is 2.70 bits per heavy atom. The summed E-state index contributed by atoms with van der Waals surface area (Å²) in [4.78, 5) is 5.13. The van der Waals surface area contributed by atoms with Crippen molar-refractivity contribution in [2.24, 2.45) is 0 Å². The molecule has 0 saturated carbocycles. The van der Waals surface area contributed by atoms with Gasteiger partial charge in [-0.1, -0.05) is 0 Å². The highest BCUT2D eigenvalue weighted by molar-refractivity contribution is 7.71. The normalized spacial score (nSPS) is 16.9. The largest absolute Gasteiger partial charge is 0.379 e. The number of imidazole rings is 1. The quantitative estimate of drug-likeness (QED) is 0.883. The smallest absolute Gasteiger partial charge is 0.184 e. The average molecular weight is 299 g/mol. The molecule has 1 aromatic carbocycles. The van der Waals surface area contributed by atoms with Crippen molar-refractivity contribution in [1.82, 2.24) is 14.5 Å². The lowest BCUT2D eigenvalue weighted by atomic mass is 10.3. The molecule has 2 aromatic rings. The first-order chi connectivity index (χ1) is 9.66. The molecule has 1 aliphatic rings. The summed E-state index contributed by atoms with van der Waals surface area (Å²) in [5.74, 6) is -1.71. The van der Waals surface area contributed by atoms with Gasteiger partial charge in [0, 0.05) is 26.2 Å². The summed E-state index contributed by atoms with van der Waals surface area (Å²) in [7, 11) is 0. The fourth-order valence-electron chi connectivity index (χ4n) is 2.47. The molecule has 3 rings (SSSR count). The third-order valence-electron chi connectivity index (χ3n) is 3.57. The number of rotatable bonds is 3. The predicted molar refractivity (Wildman–Crippen MR) is 74.3 cm³/mol. The average Bonchev–Trinajstić information content (AvgIpc) is 2.78. The van der Waals surface area contributed by atoms with Crippen LogP contribution in [0.2, 0.25) is 0 Å². The fraction of sp³-hybridized carbons (Fsp3) is 0.462. The summed E-state index contributed by atoms with van der Waals surface area (Å²) in [5, 5.41) is 0. The Labute approximate surface area is 119 Å². The number of benzene rings is 1. The Morgan fingerprint density at radius 1 is 1.20 bits per heavy atom. The lowest BCUT2D eigenvalue weighted by Gasteiger charge is -2.26. The number of hydrogen-bond donors (Lipinski definition) is 1. The van der Waals surface area contributed by atoms with Crippen LogP contribution in [-0.4, -0.2) is 47.3 Å². The zero-order chi connectivity index (χ0) is 14.1. The molecular formula is C13H15F2N3OS. The lowest BCUT2D eigenvalue weighted by molar-refractivity contribution is 0.0364. The van der Waals surface area contributed by atoms with Gasteiger partial charge < -0.3 is 14.3 Å². The number of nitrogens with one attached hydrogen (secondary N) is 1. The molecule has 1 aliphatic heterocycles. The van der Waals surface area contributed by atoms with Gasteiger partial charge >= 0.3 is 0 Å². The van der Waals surface area contributed by atoms with Gasteiger partial charge in [-0.05, 0) is 24.4 Å². The van der Waals surface area contributed by atoms with Crippen LogP contribution in [0.1, 0.15) is 0 Å². The zero-order valence-electron chi connectivity index (χ0n) is 10.9. The first-order valence-electron chi connectivity index (χ1n) is 6.53. The number of aromatic amines is 1. The van der Waals surface area contributed by atoms with E-state index in [1.165, 1.54) is 6.07 Å². The van der Waals surface area contributed by atoms with Gasteiger partial charge in [0.05, 0.1) is 18.7 Å². The van der Waals surface area contributed by atoms with Crippen molar-refractivity contribution < 1.29 is 13.5 Å². The highest BCUT2D eigenvalue weighted by atomic mass is 32.1. The zero-order valence-corrected chi connectivity index (χ0v) is 11.7. The van der Waals surface area contributed by atoms with E-state index in [9.17, 15) is 8.78 Å². The van der Waals surface area contributed by atoms with Crippen molar-refractivity contribution in [3.05, 3.63) is 28.5 Å². The van der Waals surface area contributed by atoms with Crippen LogP contribution >= 0.6 is 12.2 Å². The Hall–Kier alpha value is -1.31. The van der Waals surface area contributed by atoms with E-state index in [0.29, 0.717) is 30.0 Å². The van der Waals surface area contributed by atoms with Crippen LogP contribution in [0.3, 0.4) is 0 Å². The Morgan fingerprint density at radius 2 is 1.95 bits per heavy atom.